The fourth-order valence-electron chi connectivity index (χ4n) is 1.82. The van der Waals surface area contributed by atoms with E-state index in [4.69, 9.17) is 5.11 Å². The molecule has 104 valence electrons. The monoisotopic (exact) mass is 261 g/mol. The number of hydrogen-bond donors (Lipinski definition) is 1. The van der Waals surface area contributed by atoms with Crippen LogP contribution < -0.4 is 0 Å². The first-order valence-electron chi connectivity index (χ1n) is 6.46. The molecule has 0 fully saturated rings. The van der Waals surface area contributed by atoms with Gasteiger partial charge in [-0.1, -0.05) is 51.1 Å². The summed E-state index contributed by atoms with van der Waals surface area (Å²) in [5.41, 5.74) is 2.73. The Balaban J connectivity index is 2.56. The van der Waals surface area contributed by atoms with Crippen LogP contribution in [0.25, 0.3) is 0 Å². The van der Waals surface area contributed by atoms with Gasteiger partial charge in [0.1, 0.15) is 0 Å². The molecule has 0 aliphatic carbocycles. The molecule has 0 aromatic heterocycles. The lowest BCUT2D eigenvalue weighted by Crippen LogP contribution is -2.18. The van der Waals surface area contributed by atoms with Crippen LogP contribution >= 0.6 is 0 Å². The lowest BCUT2D eigenvalue weighted by atomic mass is 9.87. The third kappa shape index (κ3) is 5.71. The van der Waals surface area contributed by atoms with Crippen LogP contribution in [0.2, 0.25) is 0 Å². The largest absolute Gasteiger partial charge is 0.478 e. The van der Waals surface area contributed by atoms with Gasteiger partial charge in [0.15, 0.2) is 0 Å². The van der Waals surface area contributed by atoms with Gasteiger partial charge >= 0.3 is 5.97 Å². The Morgan fingerprint density at radius 2 is 1.84 bits per heavy atom. The predicted molar refractivity (Wildman–Crippen MR) is 78.3 cm³/mol. The standard InChI is InChI=1S/C16H23NO2/c1-16(2,3)14-9-7-13(8-10-14)12-17(4)11-5-6-15(18)19/h5-10H,11-12H2,1-4H3,(H,18,19)/b6-5+. The minimum Gasteiger partial charge on any atom is -0.478 e. The number of aliphatic carboxylic acids is 1. The van der Waals surface area contributed by atoms with Crippen molar-refractivity contribution in [1.82, 2.24) is 4.90 Å². The van der Waals surface area contributed by atoms with Crippen LogP contribution in [0.4, 0.5) is 0 Å². The topological polar surface area (TPSA) is 40.5 Å². The average molecular weight is 261 g/mol. The van der Waals surface area contributed by atoms with Crippen molar-refractivity contribution in [2.24, 2.45) is 0 Å². The molecule has 1 rings (SSSR count). The van der Waals surface area contributed by atoms with Gasteiger partial charge in [0, 0.05) is 19.2 Å². The highest BCUT2D eigenvalue weighted by molar-refractivity contribution is 5.79. The Bertz CT molecular complexity index is 441. The number of likely N-dealkylation sites (N-methyl/N-ethyl adjacent to an activating group) is 1. The van der Waals surface area contributed by atoms with Gasteiger partial charge < -0.3 is 5.11 Å². The minimum atomic E-state index is -0.900. The summed E-state index contributed by atoms with van der Waals surface area (Å²) in [6.45, 7) is 8.04. The predicted octanol–water partition coefficient (Wildman–Crippen LogP) is 3.06. The zero-order valence-electron chi connectivity index (χ0n) is 12.2. The first-order valence-corrected chi connectivity index (χ1v) is 6.46. The summed E-state index contributed by atoms with van der Waals surface area (Å²) >= 11 is 0. The minimum absolute atomic E-state index is 0.175. The first-order chi connectivity index (χ1) is 8.79. The summed E-state index contributed by atoms with van der Waals surface area (Å²) in [7, 11) is 1.98. The van der Waals surface area contributed by atoms with Crippen molar-refractivity contribution in [2.45, 2.75) is 32.7 Å². The first kappa shape index (κ1) is 15.4. The highest BCUT2D eigenvalue weighted by Gasteiger charge is 2.12. The summed E-state index contributed by atoms with van der Waals surface area (Å²) in [5.74, 6) is -0.900. The molecule has 0 amide bonds. The van der Waals surface area contributed by atoms with E-state index in [1.807, 2.05) is 7.05 Å². The van der Waals surface area contributed by atoms with Gasteiger partial charge in [-0.2, -0.15) is 0 Å². The fraction of sp³-hybridized carbons (Fsp3) is 0.438. The Morgan fingerprint density at radius 1 is 1.26 bits per heavy atom. The average Bonchev–Trinajstić information content (AvgIpc) is 2.27. The van der Waals surface area contributed by atoms with Gasteiger partial charge in [-0.3, -0.25) is 4.90 Å². The summed E-state index contributed by atoms with van der Waals surface area (Å²) in [5, 5.41) is 8.52. The molecule has 0 aliphatic rings. The molecule has 0 bridgehead atoms. The van der Waals surface area contributed by atoms with Crippen LogP contribution in [-0.4, -0.2) is 29.6 Å². The van der Waals surface area contributed by atoms with E-state index in [0.717, 1.165) is 6.54 Å². The summed E-state index contributed by atoms with van der Waals surface area (Å²) in [6.07, 6.45) is 2.84. The molecule has 3 nitrogen and oxygen atoms in total. The zero-order valence-corrected chi connectivity index (χ0v) is 12.2. The number of carboxylic acid groups (broad SMARTS) is 1. The molecular formula is C16H23NO2. The van der Waals surface area contributed by atoms with E-state index >= 15 is 0 Å². The second kappa shape index (κ2) is 6.53. The van der Waals surface area contributed by atoms with Crippen molar-refractivity contribution in [1.29, 1.82) is 0 Å². The fourth-order valence-corrected chi connectivity index (χ4v) is 1.82. The maximum absolute atomic E-state index is 10.4. The van der Waals surface area contributed by atoms with Gasteiger partial charge in [0.25, 0.3) is 0 Å². The Hall–Kier alpha value is -1.61. The third-order valence-electron chi connectivity index (χ3n) is 2.95. The SMILES string of the molecule is CN(C/C=C/C(=O)O)Cc1ccc(C(C)(C)C)cc1. The number of hydrogen-bond acceptors (Lipinski definition) is 2. The Kier molecular flexibility index (Phi) is 5.31. The molecule has 0 heterocycles. The molecule has 0 aliphatic heterocycles. The number of benzene rings is 1. The van der Waals surface area contributed by atoms with E-state index in [0.29, 0.717) is 6.54 Å². The van der Waals surface area contributed by atoms with Crippen molar-refractivity contribution in [3.63, 3.8) is 0 Å². The summed E-state index contributed by atoms with van der Waals surface area (Å²) < 4.78 is 0. The van der Waals surface area contributed by atoms with Crippen molar-refractivity contribution in [3.8, 4) is 0 Å². The summed E-state index contributed by atoms with van der Waals surface area (Å²) in [6, 6.07) is 8.60. The van der Waals surface area contributed by atoms with Crippen molar-refractivity contribution in [2.75, 3.05) is 13.6 Å². The highest BCUT2D eigenvalue weighted by Crippen LogP contribution is 2.22. The van der Waals surface area contributed by atoms with Gasteiger partial charge in [-0.05, 0) is 23.6 Å². The van der Waals surface area contributed by atoms with E-state index in [1.54, 1.807) is 6.08 Å². The summed E-state index contributed by atoms with van der Waals surface area (Å²) in [4.78, 5) is 12.4. The molecule has 0 saturated heterocycles. The molecule has 1 N–H and O–H groups in total. The van der Waals surface area contributed by atoms with Crippen LogP contribution in [-0.2, 0) is 16.8 Å². The Morgan fingerprint density at radius 3 is 2.32 bits per heavy atom. The van der Waals surface area contributed by atoms with Crippen LogP contribution in [0.1, 0.15) is 31.9 Å². The Labute approximate surface area is 115 Å². The van der Waals surface area contributed by atoms with E-state index in [-0.39, 0.29) is 5.41 Å². The van der Waals surface area contributed by atoms with E-state index < -0.39 is 5.97 Å². The molecule has 0 atom stereocenters. The van der Waals surface area contributed by atoms with Crippen LogP contribution in [0.3, 0.4) is 0 Å². The lowest BCUT2D eigenvalue weighted by molar-refractivity contribution is -0.131. The quantitative estimate of drug-likeness (QED) is 0.828. The van der Waals surface area contributed by atoms with Crippen molar-refractivity contribution >= 4 is 5.97 Å². The number of rotatable bonds is 5. The zero-order chi connectivity index (χ0) is 14.5. The smallest absolute Gasteiger partial charge is 0.328 e. The molecule has 0 spiro atoms. The van der Waals surface area contributed by atoms with E-state index in [2.05, 4.69) is 49.9 Å². The molecule has 3 heteroatoms. The van der Waals surface area contributed by atoms with E-state index in [1.165, 1.54) is 17.2 Å². The van der Waals surface area contributed by atoms with Crippen LogP contribution in [0.5, 0.6) is 0 Å². The lowest BCUT2D eigenvalue weighted by Gasteiger charge is -2.20. The van der Waals surface area contributed by atoms with Crippen LogP contribution in [0.15, 0.2) is 36.4 Å². The molecule has 0 unspecified atom stereocenters. The van der Waals surface area contributed by atoms with Gasteiger partial charge in [-0.25, -0.2) is 4.79 Å². The maximum atomic E-state index is 10.4. The molecule has 19 heavy (non-hydrogen) atoms. The van der Waals surface area contributed by atoms with Gasteiger partial charge in [0.05, 0.1) is 0 Å². The van der Waals surface area contributed by atoms with Crippen molar-refractivity contribution < 1.29 is 9.90 Å². The van der Waals surface area contributed by atoms with Gasteiger partial charge in [-0.15, -0.1) is 0 Å². The number of carboxylic acids is 1. The molecular weight excluding hydrogens is 238 g/mol. The molecule has 1 aromatic rings. The number of carbonyl (C=O) groups is 1. The second-order valence-corrected chi connectivity index (χ2v) is 5.88. The molecule has 0 radical (unpaired) electrons. The second-order valence-electron chi connectivity index (χ2n) is 5.88. The highest BCUT2D eigenvalue weighted by atomic mass is 16.4. The van der Waals surface area contributed by atoms with Gasteiger partial charge in [0.2, 0.25) is 0 Å². The maximum Gasteiger partial charge on any atom is 0.328 e. The molecule has 1 aromatic carbocycles. The molecule has 0 saturated carbocycles. The third-order valence-corrected chi connectivity index (χ3v) is 2.95. The number of nitrogens with zero attached hydrogens (tertiary/aromatic N) is 1. The van der Waals surface area contributed by atoms with Crippen LogP contribution in [0, 0.1) is 0 Å². The normalized spacial score (nSPS) is 12.3. The van der Waals surface area contributed by atoms with Crippen molar-refractivity contribution in [3.05, 3.63) is 47.5 Å². The van der Waals surface area contributed by atoms with E-state index in [9.17, 15) is 4.79 Å².